The van der Waals surface area contributed by atoms with Gasteiger partial charge in [0, 0.05) is 6.54 Å². The first-order chi connectivity index (χ1) is 15.5. The molecule has 33 heavy (non-hydrogen) atoms. The fraction of sp³-hybridized carbons (Fsp3) is 0.476. The molecular weight excluding hydrogens is 449 g/mol. The van der Waals surface area contributed by atoms with E-state index in [2.05, 4.69) is 30.0 Å². The summed E-state index contributed by atoms with van der Waals surface area (Å²) >= 11 is 0. The number of nitrogens with two attached hydrogens (primary N) is 1. The van der Waals surface area contributed by atoms with Gasteiger partial charge in [0.15, 0.2) is 0 Å². The van der Waals surface area contributed by atoms with Gasteiger partial charge in [-0.05, 0) is 55.9 Å². The molecule has 2 atom stereocenters. The number of amidine groups is 1. The van der Waals surface area contributed by atoms with Crippen molar-refractivity contribution in [3.05, 3.63) is 41.7 Å². The van der Waals surface area contributed by atoms with E-state index < -0.39 is 37.4 Å². The maximum absolute atomic E-state index is 15.1. The average Bonchev–Trinajstić information content (AvgIpc) is 2.79. The summed E-state index contributed by atoms with van der Waals surface area (Å²) in [6, 6.07) is 2.55. The van der Waals surface area contributed by atoms with E-state index in [4.69, 9.17) is 10.5 Å². The topological polar surface area (TPSA) is 144 Å². The number of methoxy groups -OCH3 is 1. The molecule has 2 aliphatic heterocycles. The first-order valence-corrected chi connectivity index (χ1v) is 12.4. The van der Waals surface area contributed by atoms with Gasteiger partial charge >= 0.3 is 0 Å². The summed E-state index contributed by atoms with van der Waals surface area (Å²) in [5.41, 5.74) is 5.03. The quantitative estimate of drug-likeness (QED) is 0.486. The van der Waals surface area contributed by atoms with Crippen LogP contribution in [0.4, 0.5) is 10.2 Å². The van der Waals surface area contributed by atoms with Gasteiger partial charge in [0.05, 0.1) is 29.5 Å². The molecule has 12 heteroatoms. The van der Waals surface area contributed by atoms with Gasteiger partial charge in [0.1, 0.15) is 34.4 Å². The Balaban J connectivity index is 1.73. The highest BCUT2D eigenvalue weighted by Gasteiger charge is 2.57. The molecule has 2 aliphatic rings. The summed E-state index contributed by atoms with van der Waals surface area (Å²) in [5.74, 6) is -0.635. The van der Waals surface area contributed by atoms with Crippen molar-refractivity contribution in [1.29, 1.82) is 0 Å². The van der Waals surface area contributed by atoms with Crippen LogP contribution in [0.5, 0.6) is 5.88 Å². The van der Waals surface area contributed by atoms with Crippen LogP contribution in [0.2, 0.25) is 0 Å². The SMILES string of the molecule is COc1cnc(C(=O)Nc2ccc(F)c([C@@]3(C)N=C(N)C(C)(C)[SH]4(=O)NCCC[C@@H]34)n2)cn1. The number of pyridine rings is 1. The lowest BCUT2D eigenvalue weighted by Gasteiger charge is -2.55. The van der Waals surface area contributed by atoms with Crippen LogP contribution in [-0.4, -0.2) is 54.6 Å². The van der Waals surface area contributed by atoms with Crippen LogP contribution < -0.4 is 20.5 Å². The van der Waals surface area contributed by atoms with Crippen molar-refractivity contribution >= 4 is 27.7 Å². The molecule has 4 heterocycles. The molecule has 1 saturated heterocycles. The number of carbonyl (C=O) groups excluding carboxylic acids is 1. The number of ether oxygens (including phenoxy) is 1. The third-order valence-corrected chi connectivity index (χ3v) is 10.8. The van der Waals surface area contributed by atoms with Gasteiger partial charge < -0.3 is 15.8 Å². The Bertz CT molecular complexity index is 1170. The second-order valence-corrected chi connectivity index (χ2v) is 12.2. The Labute approximate surface area is 192 Å². The Kier molecular flexibility index (Phi) is 5.69. The molecule has 0 spiro atoms. The Morgan fingerprint density at radius 2 is 2.06 bits per heavy atom. The molecule has 10 nitrogen and oxygen atoms in total. The molecule has 0 saturated carbocycles. The van der Waals surface area contributed by atoms with Crippen molar-refractivity contribution in [2.45, 2.75) is 49.1 Å². The van der Waals surface area contributed by atoms with Crippen LogP contribution in [0.3, 0.4) is 0 Å². The fourth-order valence-electron chi connectivity index (χ4n) is 4.48. The van der Waals surface area contributed by atoms with Crippen molar-refractivity contribution in [1.82, 2.24) is 19.7 Å². The molecule has 2 aromatic rings. The number of nitrogens with one attached hydrogen (secondary N) is 2. The Morgan fingerprint density at radius 1 is 1.30 bits per heavy atom. The molecule has 2 aromatic heterocycles. The predicted molar refractivity (Wildman–Crippen MR) is 124 cm³/mol. The zero-order valence-electron chi connectivity index (χ0n) is 18.9. The van der Waals surface area contributed by atoms with E-state index in [1.54, 1.807) is 20.8 Å². The number of nitrogens with zero attached hydrogens (tertiary/aromatic N) is 4. The molecule has 0 aromatic carbocycles. The fourth-order valence-corrected chi connectivity index (χ4v) is 8.19. The smallest absolute Gasteiger partial charge is 0.277 e. The highest BCUT2D eigenvalue weighted by Crippen LogP contribution is 2.48. The van der Waals surface area contributed by atoms with Crippen molar-refractivity contribution in [3.63, 3.8) is 0 Å². The van der Waals surface area contributed by atoms with E-state index in [-0.39, 0.29) is 28.9 Å². The van der Waals surface area contributed by atoms with Crippen LogP contribution in [0.1, 0.15) is 49.8 Å². The molecule has 178 valence electrons. The Hall–Kier alpha value is -2.99. The average molecular weight is 478 g/mol. The summed E-state index contributed by atoms with van der Waals surface area (Å²) in [5, 5.41) is 2.11. The number of anilines is 1. The van der Waals surface area contributed by atoms with Crippen LogP contribution in [0.25, 0.3) is 0 Å². The number of amides is 1. The minimum Gasteiger partial charge on any atom is -0.480 e. The van der Waals surface area contributed by atoms with Gasteiger partial charge in [-0.1, -0.05) is 0 Å². The summed E-state index contributed by atoms with van der Waals surface area (Å²) < 4.78 is 36.5. The third-order valence-electron chi connectivity index (χ3n) is 6.54. The number of carbonyl (C=O) groups is 1. The van der Waals surface area contributed by atoms with Crippen molar-refractivity contribution in [2.24, 2.45) is 10.7 Å². The van der Waals surface area contributed by atoms with Crippen molar-refractivity contribution in [3.8, 4) is 5.88 Å². The van der Waals surface area contributed by atoms with E-state index in [0.717, 1.165) is 6.42 Å². The van der Waals surface area contributed by atoms with Crippen LogP contribution >= 0.6 is 0 Å². The molecule has 0 bridgehead atoms. The van der Waals surface area contributed by atoms with Crippen LogP contribution in [-0.2, 0) is 15.7 Å². The molecule has 4 rings (SSSR count). The zero-order chi connectivity index (χ0) is 24.0. The van der Waals surface area contributed by atoms with E-state index in [9.17, 15) is 9.00 Å². The summed E-state index contributed by atoms with van der Waals surface area (Å²) in [6.45, 7) is 5.89. The van der Waals surface area contributed by atoms with Crippen LogP contribution in [0, 0.1) is 5.82 Å². The second-order valence-electron chi connectivity index (χ2n) is 8.85. The predicted octanol–water partition coefficient (Wildman–Crippen LogP) is 1.32. The molecular formula is C21H28FN7O3S. The van der Waals surface area contributed by atoms with Gasteiger partial charge in [-0.2, -0.15) is 0 Å². The van der Waals surface area contributed by atoms with E-state index in [1.807, 2.05) is 0 Å². The lowest BCUT2D eigenvalue weighted by molar-refractivity contribution is 0.102. The van der Waals surface area contributed by atoms with Gasteiger partial charge in [-0.25, -0.2) is 19.3 Å². The number of aliphatic imine (C=N–C) groups is 1. The van der Waals surface area contributed by atoms with Crippen molar-refractivity contribution in [2.75, 3.05) is 19.0 Å². The number of hydrogen-bond donors (Lipinski definition) is 4. The van der Waals surface area contributed by atoms with E-state index >= 15 is 4.39 Å². The minimum absolute atomic E-state index is 0.0199. The summed E-state index contributed by atoms with van der Waals surface area (Å²) in [7, 11) is -1.67. The number of halogens is 1. The molecule has 4 N–H and O–H groups in total. The summed E-state index contributed by atoms with van der Waals surface area (Å²) in [4.78, 5) is 29.6. The number of aromatic nitrogens is 3. The minimum atomic E-state index is -3.11. The largest absolute Gasteiger partial charge is 0.480 e. The molecule has 0 aliphatic carbocycles. The first-order valence-electron chi connectivity index (χ1n) is 10.6. The number of fused-ring (bicyclic) bond motifs is 1. The van der Waals surface area contributed by atoms with Gasteiger partial charge in [-0.15, -0.1) is 0 Å². The normalized spacial score (nSPS) is 26.5. The van der Waals surface area contributed by atoms with Crippen LogP contribution in [0.15, 0.2) is 29.5 Å². The second kappa shape index (κ2) is 8.10. The maximum atomic E-state index is 15.1. The highest BCUT2D eigenvalue weighted by atomic mass is 32.3. The number of hydrogen-bond acceptors (Lipinski definition) is 8. The lowest BCUT2D eigenvalue weighted by Crippen LogP contribution is -2.69. The monoisotopic (exact) mass is 477 g/mol. The van der Waals surface area contributed by atoms with Gasteiger partial charge in [-0.3, -0.25) is 18.7 Å². The lowest BCUT2D eigenvalue weighted by atomic mass is 9.89. The number of thiol groups is 1. The molecule has 1 fully saturated rings. The molecule has 0 unspecified atom stereocenters. The van der Waals surface area contributed by atoms with E-state index in [1.165, 1.54) is 31.6 Å². The van der Waals surface area contributed by atoms with Crippen molar-refractivity contribution < 1.29 is 18.1 Å². The number of rotatable bonds is 4. The first kappa shape index (κ1) is 23.2. The van der Waals surface area contributed by atoms with Gasteiger partial charge in [0.2, 0.25) is 5.88 Å². The highest BCUT2D eigenvalue weighted by molar-refractivity contribution is 8.04. The van der Waals surface area contributed by atoms with E-state index in [0.29, 0.717) is 13.0 Å². The summed E-state index contributed by atoms with van der Waals surface area (Å²) in [6.07, 6.45) is 3.93. The Morgan fingerprint density at radius 3 is 2.73 bits per heavy atom. The third kappa shape index (κ3) is 3.66. The molecule has 0 radical (unpaired) electrons. The molecule has 1 amide bonds. The van der Waals surface area contributed by atoms with Gasteiger partial charge in [0.25, 0.3) is 5.91 Å². The maximum Gasteiger partial charge on any atom is 0.277 e. The zero-order valence-corrected chi connectivity index (χ0v) is 19.8. The standard InChI is InChI=1S/C21H28FN7O3S/c1-20(2)19(23)29-21(3,14-6-5-9-26-33(14,20)31)17-12(22)7-8-15(27-17)28-18(30)13-10-25-16(32-4)11-24-13/h7-8,10-11,14,33H,5-6,9H2,1-4H3,(H2,23,29)(H,26,31)(H,27,28,30)/t14-,21-/m0/s1.